The highest BCUT2D eigenvalue weighted by Crippen LogP contribution is 2.45. The van der Waals surface area contributed by atoms with Gasteiger partial charge in [-0.3, -0.25) is 0 Å². The number of nitrogens with two attached hydrogens (primary N) is 1. The summed E-state index contributed by atoms with van der Waals surface area (Å²) < 4.78 is 1.17. The molecule has 0 radical (unpaired) electrons. The first-order chi connectivity index (χ1) is 8.72. The van der Waals surface area contributed by atoms with Crippen LogP contribution in [0, 0.1) is 15.4 Å². The van der Waals surface area contributed by atoms with Gasteiger partial charge in [-0.1, -0.05) is 18.6 Å². The average Bonchev–Trinajstić information content (AvgIpc) is 2.94. The number of halogens is 1. The highest BCUT2D eigenvalue weighted by atomic mass is 127. The minimum atomic E-state index is 0.456. The van der Waals surface area contributed by atoms with Crippen LogP contribution in [0.2, 0.25) is 0 Å². The molecule has 2 bridgehead atoms. The van der Waals surface area contributed by atoms with Crippen LogP contribution in [0.15, 0.2) is 29.3 Å². The molecule has 1 aromatic carbocycles. The van der Waals surface area contributed by atoms with Gasteiger partial charge in [0.1, 0.15) is 0 Å². The molecule has 18 heavy (non-hydrogen) atoms. The van der Waals surface area contributed by atoms with Gasteiger partial charge in [-0.05, 0) is 65.8 Å². The lowest BCUT2D eigenvalue weighted by Crippen LogP contribution is -2.27. The SMILES string of the molecule is NC(=N[C@@H]1C[C@@H]2CC[C@H]1C2)Nc1ccccc1I. The molecule has 3 nitrogen and oxygen atoms in total. The van der Waals surface area contributed by atoms with Crippen LogP contribution in [0.3, 0.4) is 0 Å². The van der Waals surface area contributed by atoms with Crippen molar-refractivity contribution in [1.82, 2.24) is 0 Å². The topological polar surface area (TPSA) is 50.4 Å². The highest BCUT2D eigenvalue weighted by Gasteiger charge is 2.39. The van der Waals surface area contributed by atoms with Crippen molar-refractivity contribution in [2.24, 2.45) is 22.6 Å². The van der Waals surface area contributed by atoms with E-state index >= 15 is 0 Å². The Bertz CT molecular complexity index is 472. The summed E-state index contributed by atoms with van der Waals surface area (Å²) in [6, 6.07) is 8.59. The Morgan fingerprint density at radius 1 is 1.28 bits per heavy atom. The molecule has 2 aliphatic rings. The lowest BCUT2D eigenvalue weighted by atomic mass is 9.96. The molecule has 2 fully saturated rings. The van der Waals surface area contributed by atoms with Crippen molar-refractivity contribution in [2.75, 3.05) is 5.32 Å². The fraction of sp³-hybridized carbons (Fsp3) is 0.500. The van der Waals surface area contributed by atoms with Gasteiger partial charge in [0.05, 0.1) is 11.7 Å². The maximum Gasteiger partial charge on any atom is 0.193 e. The molecule has 0 saturated heterocycles. The Kier molecular flexibility index (Phi) is 3.46. The first-order valence-electron chi connectivity index (χ1n) is 6.57. The summed E-state index contributed by atoms with van der Waals surface area (Å²) in [6.07, 6.45) is 5.35. The number of benzene rings is 1. The van der Waals surface area contributed by atoms with E-state index in [2.05, 4.69) is 39.0 Å². The predicted molar refractivity (Wildman–Crippen MR) is 83.6 cm³/mol. The van der Waals surface area contributed by atoms with E-state index in [1.54, 1.807) is 0 Å². The van der Waals surface area contributed by atoms with Gasteiger partial charge < -0.3 is 11.1 Å². The summed E-state index contributed by atoms with van der Waals surface area (Å²) >= 11 is 2.30. The third-order valence-electron chi connectivity index (χ3n) is 4.14. The maximum absolute atomic E-state index is 6.02. The minimum absolute atomic E-state index is 0.456. The zero-order valence-corrected chi connectivity index (χ0v) is 12.4. The molecule has 0 aromatic heterocycles. The summed E-state index contributed by atoms with van der Waals surface area (Å²) in [7, 11) is 0. The van der Waals surface area contributed by atoms with E-state index < -0.39 is 0 Å². The second-order valence-corrected chi connectivity index (χ2v) is 6.52. The second-order valence-electron chi connectivity index (χ2n) is 5.36. The first-order valence-corrected chi connectivity index (χ1v) is 7.65. The van der Waals surface area contributed by atoms with Crippen LogP contribution >= 0.6 is 22.6 Å². The number of nitrogens with zero attached hydrogens (tertiary/aromatic N) is 1. The third-order valence-corrected chi connectivity index (χ3v) is 5.08. The van der Waals surface area contributed by atoms with E-state index in [-0.39, 0.29) is 0 Å². The fourth-order valence-corrected chi connectivity index (χ4v) is 3.80. The van der Waals surface area contributed by atoms with Gasteiger partial charge in [-0.15, -0.1) is 0 Å². The van der Waals surface area contributed by atoms with E-state index in [0.717, 1.165) is 17.5 Å². The standard InChI is InChI=1S/C14H18IN3/c15-11-3-1-2-4-12(11)17-14(16)18-13-8-9-5-6-10(13)7-9/h1-4,9-10,13H,5-8H2,(H3,16,17,18)/t9-,10+,13-/m1/s1. The monoisotopic (exact) mass is 355 g/mol. The van der Waals surface area contributed by atoms with E-state index in [1.807, 2.05) is 18.2 Å². The molecule has 0 amide bonds. The molecular formula is C14H18IN3. The summed E-state index contributed by atoms with van der Waals surface area (Å²) in [4.78, 5) is 4.68. The molecule has 2 aliphatic carbocycles. The predicted octanol–water partition coefficient (Wildman–Crippen LogP) is 3.21. The second kappa shape index (κ2) is 5.07. The smallest absolute Gasteiger partial charge is 0.193 e. The number of hydrogen-bond donors (Lipinski definition) is 2. The molecule has 2 saturated carbocycles. The summed E-state index contributed by atoms with van der Waals surface area (Å²) in [5, 5.41) is 3.22. The van der Waals surface area contributed by atoms with E-state index in [9.17, 15) is 0 Å². The molecule has 0 heterocycles. The molecule has 0 unspecified atom stereocenters. The molecule has 1 aromatic rings. The van der Waals surface area contributed by atoms with Crippen LogP contribution in [0.25, 0.3) is 0 Å². The van der Waals surface area contributed by atoms with E-state index in [0.29, 0.717) is 12.0 Å². The van der Waals surface area contributed by atoms with Crippen molar-refractivity contribution < 1.29 is 0 Å². The first kappa shape index (κ1) is 12.3. The third kappa shape index (κ3) is 2.48. The fourth-order valence-electron chi connectivity index (χ4n) is 3.28. The number of guanidine groups is 1. The number of fused-ring (bicyclic) bond motifs is 2. The van der Waals surface area contributed by atoms with Gasteiger partial charge in [0.2, 0.25) is 0 Å². The van der Waals surface area contributed by atoms with Gasteiger partial charge in [0.15, 0.2) is 5.96 Å². The Balaban J connectivity index is 1.68. The van der Waals surface area contributed by atoms with Crippen LogP contribution in [-0.4, -0.2) is 12.0 Å². The van der Waals surface area contributed by atoms with Gasteiger partial charge in [-0.25, -0.2) is 4.99 Å². The number of rotatable bonds is 2. The quantitative estimate of drug-likeness (QED) is 0.486. The molecule has 3 rings (SSSR count). The summed E-state index contributed by atoms with van der Waals surface area (Å²) in [5.74, 6) is 2.26. The van der Waals surface area contributed by atoms with Crippen molar-refractivity contribution >= 4 is 34.2 Å². The van der Waals surface area contributed by atoms with Crippen LogP contribution in [0.1, 0.15) is 25.7 Å². The highest BCUT2D eigenvalue weighted by molar-refractivity contribution is 14.1. The molecule has 96 valence electrons. The molecular weight excluding hydrogens is 337 g/mol. The number of nitrogens with one attached hydrogen (secondary N) is 1. The molecule has 3 N–H and O–H groups in total. The van der Waals surface area contributed by atoms with Crippen molar-refractivity contribution in [1.29, 1.82) is 0 Å². The van der Waals surface area contributed by atoms with Crippen LogP contribution in [0.5, 0.6) is 0 Å². The van der Waals surface area contributed by atoms with E-state index in [1.165, 1.54) is 29.3 Å². The largest absolute Gasteiger partial charge is 0.370 e. The van der Waals surface area contributed by atoms with Crippen molar-refractivity contribution in [3.05, 3.63) is 27.8 Å². The van der Waals surface area contributed by atoms with Gasteiger partial charge >= 0.3 is 0 Å². The summed E-state index contributed by atoms with van der Waals surface area (Å²) in [6.45, 7) is 0. The Hall–Kier alpha value is -0.780. The molecule has 4 heteroatoms. The maximum atomic E-state index is 6.02. The lowest BCUT2D eigenvalue weighted by molar-refractivity contribution is 0.420. The number of para-hydroxylation sites is 1. The van der Waals surface area contributed by atoms with E-state index in [4.69, 9.17) is 5.73 Å². The molecule has 0 spiro atoms. The Labute approximate surface area is 121 Å². The van der Waals surface area contributed by atoms with Crippen molar-refractivity contribution in [3.8, 4) is 0 Å². The normalized spacial score (nSPS) is 30.7. The lowest BCUT2D eigenvalue weighted by Gasteiger charge is -2.18. The zero-order valence-electron chi connectivity index (χ0n) is 10.3. The number of aliphatic imine (C=N–C) groups is 1. The summed E-state index contributed by atoms with van der Waals surface area (Å²) in [5.41, 5.74) is 7.07. The Morgan fingerprint density at radius 2 is 2.11 bits per heavy atom. The average molecular weight is 355 g/mol. The van der Waals surface area contributed by atoms with Gasteiger partial charge in [0, 0.05) is 3.57 Å². The van der Waals surface area contributed by atoms with Crippen molar-refractivity contribution in [3.63, 3.8) is 0 Å². The van der Waals surface area contributed by atoms with Crippen LogP contribution in [0.4, 0.5) is 5.69 Å². The minimum Gasteiger partial charge on any atom is -0.370 e. The number of anilines is 1. The zero-order chi connectivity index (χ0) is 12.5. The van der Waals surface area contributed by atoms with Crippen LogP contribution < -0.4 is 11.1 Å². The number of hydrogen-bond acceptors (Lipinski definition) is 1. The van der Waals surface area contributed by atoms with Crippen molar-refractivity contribution in [2.45, 2.75) is 31.7 Å². The van der Waals surface area contributed by atoms with Crippen LogP contribution in [-0.2, 0) is 0 Å². The Morgan fingerprint density at radius 3 is 2.78 bits per heavy atom. The molecule has 0 aliphatic heterocycles. The molecule has 3 atom stereocenters. The van der Waals surface area contributed by atoms with Gasteiger partial charge in [0.25, 0.3) is 0 Å². The van der Waals surface area contributed by atoms with Gasteiger partial charge in [-0.2, -0.15) is 0 Å².